The van der Waals surface area contributed by atoms with Gasteiger partial charge in [-0.05, 0) is 12.1 Å². The van der Waals surface area contributed by atoms with Gasteiger partial charge in [-0.2, -0.15) is 23.1 Å². The molecule has 0 unspecified atom stereocenters. The summed E-state index contributed by atoms with van der Waals surface area (Å²) in [6, 6.07) is 4.46. The third-order valence-electron chi connectivity index (χ3n) is 3.57. The highest BCUT2D eigenvalue weighted by Crippen LogP contribution is 2.24. The van der Waals surface area contributed by atoms with Crippen LogP contribution in [0.5, 0.6) is 17.6 Å². The van der Waals surface area contributed by atoms with Gasteiger partial charge in [-0.15, -0.1) is 0 Å². The minimum absolute atomic E-state index is 0.00647. The number of methoxy groups -OCH3 is 1. The zero-order valence-electron chi connectivity index (χ0n) is 14.9. The summed E-state index contributed by atoms with van der Waals surface area (Å²) in [5.74, 6) is 0.239. The third-order valence-corrected chi connectivity index (χ3v) is 3.57. The van der Waals surface area contributed by atoms with Gasteiger partial charge in [0.05, 0.1) is 44.5 Å². The Hall–Kier alpha value is -2.66. The summed E-state index contributed by atoms with van der Waals surface area (Å²) in [6.07, 6.45) is -3.44. The normalized spacial score (nSPS) is 17.2. The summed E-state index contributed by atoms with van der Waals surface area (Å²) in [5.41, 5.74) is 0.771. The maximum atomic E-state index is 12.2. The van der Waals surface area contributed by atoms with Crippen LogP contribution in [0, 0.1) is 0 Å². The molecule has 1 aliphatic rings. The van der Waals surface area contributed by atoms with E-state index < -0.39 is 12.8 Å². The Kier molecular flexibility index (Phi) is 6.47. The first-order chi connectivity index (χ1) is 13.4. The fourth-order valence-corrected chi connectivity index (χ4v) is 2.29. The molecule has 3 heterocycles. The van der Waals surface area contributed by atoms with Gasteiger partial charge in [-0.3, -0.25) is 4.98 Å². The molecule has 1 atom stereocenters. The molecule has 11 heteroatoms. The van der Waals surface area contributed by atoms with Crippen molar-refractivity contribution >= 4 is 0 Å². The number of hydrogen-bond acceptors (Lipinski definition) is 8. The first-order valence-corrected chi connectivity index (χ1v) is 8.34. The molecule has 2 aromatic rings. The van der Waals surface area contributed by atoms with Crippen LogP contribution in [0.4, 0.5) is 13.2 Å². The average molecular weight is 401 g/mol. The van der Waals surface area contributed by atoms with Crippen LogP contribution in [0.3, 0.4) is 0 Å². The lowest BCUT2D eigenvalue weighted by atomic mass is 10.2. The van der Waals surface area contributed by atoms with Gasteiger partial charge in [0.25, 0.3) is 0 Å². The van der Waals surface area contributed by atoms with Crippen molar-refractivity contribution in [2.24, 2.45) is 0 Å². The van der Waals surface area contributed by atoms with Gasteiger partial charge >= 0.3 is 12.2 Å². The van der Waals surface area contributed by atoms with Crippen LogP contribution in [-0.4, -0.2) is 67.4 Å². The van der Waals surface area contributed by atoms with E-state index in [1.54, 1.807) is 6.07 Å². The number of nitrogens with zero attached hydrogens (tertiary/aromatic N) is 3. The second-order valence-corrected chi connectivity index (χ2v) is 5.74. The molecule has 8 nitrogen and oxygen atoms in total. The zero-order chi connectivity index (χ0) is 20.0. The van der Waals surface area contributed by atoms with E-state index in [1.165, 1.54) is 25.4 Å². The van der Waals surface area contributed by atoms with E-state index >= 15 is 0 Å². The maximum absolute atomic E-state index is 12.2. The Morgan fingerprint density at radius 1 is 1.14 bits per heavy atom. The molecule has 0 spiro atoms. The summed E-state index contributed by atoms with van der Waals surface area (Å²) in [5, 5.41) is 0. The van der Waals surface area contributed by atoms with Gasteiger partial charge < -0.3 is 23.7 Å². The molecule has 0 bridgehead atoms. The summed E-state index contributed by atoms with van der Waals surface area (Å²) in [7, 11) is 1.41. The molecule has 1 fully saturated rings. The Morgan fingerprint density at radius 2 is 2.00 bits per heavy atom. The molecule has 0 N–H and O–H groups in total. The van der Waals surface area contributed by atoms with E-state index in [0.717, 1.165) is 0 Å². The highest BCUT2D eigenvalue weighted by atomic mass is 19.4. The first-order valence-electron chi connectivity index (χ1n) is 8.34. The van der Waals surface area contributed by atoms with Crippen molar-refractivity contribution in [3.8, 4) is 29.0 Å². The lowest BCUT2D eigenvalue weighted by Gasteiger charge is -2.22. The largest absolute Gasteiger partial charge is 0.483 e. The Morgan fingerprint density at radius 3 is 2.64 bits per heavy atom. The predicted molar refractivity (Wildman–Crippen MR) is 89.4 cm³/mol. The van der Waals surface area contributed by atoms with Crippen LogP contribution < -0.4 is 14.2 Å². The fourth-order valence-electron chi connectivity index (χ4n) is 2.29. The molecule has 28 heavy (non-hydrogen) atoms. The van der Waals surface area contributed by atoms with Crippen LogP contribution in [0.2, 0.25) is 0 Å². The van der Waals surface area contributed by atoms with E-state index in [-0.39, 0.29) is 30.4 Å². The molecule has 0 aromatic carbocycles. The molecule has 1 aliphatic heterocycles. The quantitative estimate of drug-likeness (QED) is 0.699. The third kappa shape index (κ3) is 5.92. The fraction of sp³-hybridized carbons (Fsp3) is 0.471. The number of ether oxygens (including phenoxy) is 5. The van der Waals surface area contributed by atoms with Crippen LogP contribution in [-0.2, 0) is 9.47 Å². The number of rotatable bonds is 7. The Labute approximate surface area is 158 Å². The van der Waals surface area contributed by atoms with Gasteiger partial charge in [0.1, 0.15) is 18.5 Å². The van der Waals surface area contributed by atoms with Crippen molar-refractivity contribution in [3.05, 3.63) is 24.4 Å². The number of halogens is 3. The zero-order valence-corrected chi connectivity index (χ0v) is 14.9. The van der Waals surface area contributed by atoms with Crippen molar-refractivity contribution in [2.45, 2.75) is 12.3 Å². The van der Waals surface area contributed by atoms with Crippen molar-refractivity contribution in [1.29, 1.82) is 0 Å². The number of alkyl halides is 3. The summed E-state index contributed by atoms with van der Waals surface area (Å²) in [4.78, 5) is 12.4. The van der Waals surface area contributed by atoms with Crippen molar-refractivity contribution < 1.29 is 36.9 Å². The Balaban J connectivity index is 1.69. The number of hydrogen-bond donors (Lipinski definition) is 0. The smallest absolute Gasteiger partial charge is 0.422 e. The number of aromatic nitrogens is 3. The van der Waals surface area contributed by atoms with E-state index in [0.29, 0.717) is 31.2 Å². The number of pyridine rings is 1. The maximum Gasteiger partial charge on any atom is 0.422 e. The molecule has 152 valence electrons. The second-order valence-electron chi connectivity index (χ2n) is 5.74. The van der Waals surface area contributed by atoms with E-state index in [2.05, 4.69) is 19.7 Å². The van der Waals surface area contributed by atoms with Gasteiger partial charge in [0, 0.05) is 6.07 Å². The topological polar surface area (TPSA) is 84.8 Å². The lowest BCUT2D eigenvalue weighted by molar-refractivity contribution is -0.153. The Bertz CT molecular complexity index is 768. The summed E-state index contributed by atoms with van der Waals surface area (Å²) in [6.45, 7) is 0.322. The van der Waals surface area contributed by atoms with Gasteiger partial charge in [0.2, 0.25) is 5.88 Å². The molecular formula is C17H18F3N3O5. The standard InChI is InChI=1S/C17H18F3N3O5/c1-24-16-22-14(6-15(23-16)27-9-12-8-25-4-5-26-12)13-3-2-11(7-21-13)28-10-17(18,19)20/h2-3,6-7,12H,4-5,8-10H2,1H3/t12-/m1/s1. The van der Waals surface area contributed by atoms with E-state index in [9.17, 15) is 13.2 Å². The second kappa shape index (κ2) is 9.02. The van der Waals surface area contributed by atoms with Crippen molar-refractivity contribution in [1.82, 2.24) is 15.0 Å². The summed E-state index contributed by atoms with van der Waals surface area (Å²) >= 11 is 0. The SMILES string of the molecule is COc1nc(OC[C@H]2COCCO2)cc(-c2ccc(OCC(F)(F)F)cn2)n1. The average Bonchev–Trinajstić information content (AvgIpc) is 2.71. The predicted octanol–water partition coefficient (Wildman–Crippen LogP) is 2.28. The molecule has 0 amide bonds. The molecule has 2 aromatic heterocycles. The molecular weight excluding hydrogens is 383 g/mol. The molecule has 1 saturated heterocycles. The van der Waals surface area contributed by atoms with Crippen LogP contribution in [0.25, 0.3) is 11.4 Å². The molecule has 0 radical (unpaired) electrons. The molecule has 0 aliphatic carbocycles. The minimum Gasteiger partial charge on any atom is -0.483 e. The highest BCUT2D eigenvalue weighted by Gasteiger charge is 2.28. The van der Waals surface area contributed by atoms with Crippen molar-refractivity contribution in [2.75, 3.05) is 40.1 Å². The first kappa shape index (κ1) is 20.1. The van der Waals surface area contributed by atoms with Crippen LogP contribution in [0.1, 0.15) is 0 Å². The van der Waals surface area contributed by atoms with Crippen molar-refractivity contribution in [3.63, 3.8) is 0 Å². The lowest BCUT2D eigenvalue weighted by Crippen LogP contribution is -2.33. The highest BCUT2D eigenvalue weighted by molar-refractivity contribution is 5.56. The molecule has 3 rings (SSSR count). The van der Waals surface area contributed by atoms with E-state index in [1.807, 2.05) is 0 Å². The van der Waals surface area contributed by atoms with Crippen LogP contribution in [0.15, 0.2) is 24.4 Å². The monoisotopic (exact) mass is 401 g/mol. The van der Waals surface area contributed by atoms with E-state index in [4.69, 9.17) is 18.9 Å². The summed E-state index contributed by atoms with van der Waals surface area (Å²) < 4.78 is 62.8. The minimum atomic E-state index is -4.42. The molecule has 0 saturated carbocycles. The van der Waals surface area contributed by atoms with Gasteiger partial charge in [0.15, 0.2) is 6.61 Å². The van der Waals surface area contributed by atoms with Gasteiger partial charge in [-0.25, -0.2) is 0 Å². The van der Waals surface area contributed by atoms with Gasteiger partial charge in [-0.1, -0.05) is 0 Å². The van der Waals surface area contributed by atoms with Crippen LogP contribution >= 0.6 is 0 Å².